The van der Waals surface area contributed by atoms with Gasteiger partial charge in [0.1, 0.15) is 0 Å². The summed E-state index contributed by atoms with van der Waals surface area (Å²) in [5, 5.41) is 17.7. The third-order valence-electron chi connectivity index (χ3n) is 1.43. The molecule has 0 radical (unpaired) electrons. The van der Waals surface area contributed by atoms with Crippen LogP contribution in [0.25, 0.3) is 0 Å². The van der Waals surface area contributed by atoms with Crippen molar-refractivity contribution in [1.29, 1.82) is 0 Å². The smallest absolute Gasteiger partial charge is 0.469 e. The second kappa shape index (κ2) is 4.86. The molecule has 4 N–H and O–H groups in total. The lowest BCUT2D eigenvalue weighted by atomic mass is 9.99. The quantitative estimate of drug-likeness (QED) is 0.460. The van der Waals surface area contributed by atoms with Crippen LogP contribution in [0.1, 0.15) is 19.8 Å². The molecule has 0 bridgehead atoms. The van der Waals surface area contributed by atoms with Crippen LogP contribution in [0.3, 0.4) is 0 Å². The zero-order chi connectivity index (χ0) is 11.4. The lowest BCUT2D eigenvalue weighted by Gasteiger charge is -2.20. The fourth-order valence-corrected chi connectivity index (χ4v) is 1.13. The predicted molar refractivity (Wildman–Crippen MR) is 45.5 cm³/mol. The summed E-state index contributed by atoms with van der Waals surface area (Å²) >= 11 is 0. The minimum atomic E-state index is -4.54. The highest BCUT2D eigenvalue weighted by Crippen LogP contribution is 2.36. The van der Waals surface area contributed by atoms with Gasteiger partial charge in [-0.25, -0.2) is 4.57 Å². The molecule has 0 aliphatic heterocycles. The standard InChI is InChI=1S/C6H13O7P/c1-6(9,4-5(7)8)2-3-13-14(10,11)12/h9H,2-4H2,1H3,(H,7,8)(H2,10,11,12). The highest BCUT2D eigenvalue weighted by atomic mass is 31.2. The summed E-state index contributed by atoms with van der Waals surface area (Å²) in [4.78, 5) is 26.8. The van der Waals surface area contributed by atoms with Crippen LogP contribution >= 0.6 is 7.82 Å². The molecular formula is C6H13O7P. The summed E-state index contributed by atoms with van der Waals surface area (Å²) in [6, 6.07) is 0. The van der Waals surface area contributed by atoms with E-state index in [9.17, 15) is 14.5 Å². The Bertz CT molecular complexity index is 243. The van der Waals surface area contributed by atoms with Gasteiger partial charge in [0.25, 0.3) is 0 Å². The van der Waals surface area contributed by atoms with Gasteiger partial charge < -0.3 is 20.0 Å². The Morgan fingerprint density at radius 2 is 2.00 bits per heavy atom. The highest BCUT2D eigenvalue weighted by Gasteiger charge is 2.25. The molecule has 8 heteroatoms. The monoisotopic (exact) mass is 228 g/mol. The zero-order valence-corrected chi connectivity index (χ0v) is 8.48. The van der Waals surface area contributed by atoms with E-state index < -0.39 is 32.4 Å². The first-order valence-corrected chi connectivity index (χ1v) is 5.30. The van der Waals surface area contributed by atoms with Gasteiger partial charge >= 0.3 is 13.8 Å². The van der Waals surface area contributed by atoms with E-state index >= 15 is 0 Å². The first-order chi connectivity index (χ1) is 6.12. The van der Waals surface area contributed by atoms with E-state index in [4.69, 9.17) is 14.9 Å². The van der Waals surface area contributed by atoms with Crippen molar-refractivity contribution in [3.63, 3.8) is 0 Å². The maximum Gasteiger partial charge on any atom is 0.469 e. The summed E-state index contributed by atoms with van der Waals surface area (Å²) in [7, 11) is -4.54. The number of aliphatic hydroxyl groups is 1. The van der Waals surface area contributed by atoms with Gasteiger partial charge in [-0.2, -0.15) is 0 Å². The zero-order valence-electron chi connectivity index (χ0n) is 7.58. The number of aliphatic carboxylic acids is 1. The minimum Gasteiger partial charge on any atom is -0.481 e. The molecule has 84 valence electrons. The molecule has 0 heterocycles. The van der Waals surface area contributed by atoms with Crippen molar-refractivity contribution >= 4 is 13.8 Å². The van der Waals surface area contributed by atoms with E-state index in [0.717, 1.165) is 0 Å². The van der Waals surface area contributed by atoms with Gasteiger partial charge in [0, 0.05) is 6.42 Å². The molecule has 0 saturated heterocycles. The van der Waals surface area contributed by atoms with Crippen LogP contribution in [0.15, 0.2) is 0 Å². The number of phosphoric acid groups is 1. The van der Waals surface area contributed by atoms with Gasteiger partial charge in [-0.3, -0.25) is 9.32 Å². The molecule has 0 aromatic carbocycles. The fraction of sp³-hybridized carbons (Fsp3) is 0.833. The summed E-state index contributed by atoms with van der Waals surface area (Å²) in [6.07, 6.45) is -0.665. The van der Waals surface area contributed by atoms with Crippen molar-refractivity contribution in [2.75, 3.05) is 6.61 Å². The molecule has 0 amide bonds. The number of hydrogen-bond donors (Lipinski definition) is 4. The van der Waals surface area contributed by atoms with Crippen molar-refractivity contribution in [2.45, 2.75) is 25.4 Å². The molecule has 0 spiro atoms. The molecule has 1 atom stereocenters. The first-order valence-electron chi connectivity index (χ1n) is 3.77. The van der Waals surface area contributed by atoms with Gasteiger partial charge in [-0.05, 0) is 6.92 Å². The van der Waals surface area contributed by atoms with Crippen LogP contribution in [0.4, 0.5) is 0 Å². The molecule has 7 nitrogen and oxygen atoms in total. The fourth-order valence-electron chi connectivity index (χ4n) is 0.799. The van der Waals surface area contributed by atoms with Crippen molar-refractivity contribution < 1.29 is 33.9 Å². The van der Waals surface area contributed by atoms with Crippen molar-refractivity contribution in [1.82, 2.24) is 0 Å². The first kappa shape index (κ1) is 13.5. The summed E-state index contributed by atoms with van der Waals surface area (Å²) in [6.45, 7) is 0.856. The van der Waals surface area contributed by atoms with Crippen LogP contribution in [-0.2, 0) is 13.9 Å². The van der Waals surface area contributed by atoms with Crippen molar-refractivity contribution in [3.05, 3.63) is 0 Å². The lowest BCUT2D eigenvalue weighted by Crippen LogP contribution is -2.29. The third kappa shape index (κ3) is 8.15. The number of phosphoric ester groups is 1. The van der Waals surface area contributed by atoms with Gasteiger partial charge in [-0.15, -0.1) is 0 Å². The topological polar surface area (TPSA) is 124 Å². The molecule has 0 fully saturated rings. The maximum atomic E-state index is 10.2. The van der Waals surface area contributed by atoms with E-state index in [2.05, 4.69) is 4.52 Å². The predicted octanol–water partition coefficient (Wildman–Crippen LogP) is -0.289. The van der Waals surface area contributed by atoms with Gasteiger partial charge in [0.15, 0.2) is 0 Å². The van der Waals surface area contributed by atoms with E-state index in [1.54, 1.807) is 0 Å². The minimum absolute atomic E-state index is 0.162. The van der Waals surface area contributed by atoms with E-state index in [1.807, 2.05) is 0 Å². The second-order valence-electron chi connectivity index (χ2n) is 3.14. The Morgan fingerprint density at radius 1 is 1.50 bits per heavy atom. The third-order valence-corrected chi connectivity index (χ3v) is 1.95. The van der Waals surface area contributed by atoms with Crippen LogP contribution < -0.4 is 0 Å². The summed E-state index contributed by atoms with van der Waals surface area (Å²) < 4.78 is 14.3. The number of rotatable bonds is 6. The molecule has 0 rings (SSSR count). The number of carbonyl (C=O) groups is 1. The van der Waals surface area contributed by atoms with E-state index in [-0.39, 0.29) is 6.42 Å². The Balaban J connectivity index is 3.88. The van der Waals surface area contributed by atoms with Crippen LogP contribution in [0, 0.1) is 0 Å². The Hall–Kier alpha value is -0.460. The van der Waals surface area contributed by atoms with Gasteiger partial charge in [-0.1, -0.05) is 0 Å². The molecule has 0 saturated carbocycles. The highest BCUT2D eigenvalue weighted by molar-refractivity contribution is 7.46. The molecule has 0 aliphatic carbocycles. The summed E-state index contributed by atoms with van der Waals surface area (Å²) in [5.74, 6) is -1.19. The van der Waals surface area contributed by atoms with Crippen LogP contribution in [-0.4, -0.2) is 38.2 Å². The van der Waals surface area contributed by atoms with Gasteiger partial charge in [0.05, 0.1) is 18.6 Å². The molecule has 14 heavy (non-hydrogen) atoms. The Kier molecular flexibility index (Phi) is 4.70. The molecule has 0 aromatic rings. The average molecular weight is 228 g/mol. The van der Waals surface area contributed by atoms with Crippen LogP contribution in [0.2, 0.25) is 0 Å². The summed E-state index contributed by atoms with van der Waals surface area (Å²) in [5.41, 5.74) is -1.53. The molecule has 1 unspecified atom stereocenters. The Morgan fingerprint density at radius 3 is 2.36 bits per heavy atom. The van der Waals surface area contributed by atoms with Crippen LogP contribution in [0.5, 0.6) is 0 Å². The SMILES string of the molecule is CC(O)(CCOP(=O)(O)O)CC(=O)O. The number of carboxylic acid groups (broad SMARTS) is 1. The van der Waals surface area contributed by atoms with E-state index in [0.29, 0.717) is 0 Å². The number of hydrogen-bond acceptors (Lipinski definition) is 4. The molecular weight excluding hydrogens is 215 g/mol. The van der Waals surface area contributed by atoms with Crippen molar-refractivity contribution in [3.8, 4) is 0 Å². The molecule has 0 aromatic heterocycles. The number of carboxylic acids is 1. The largest absolute Gasteiger partial charge is 0.481 e. The molecule has 0 aliphatic rings. The maximum absolute atomic E-state index is 10.2. The lowest BCUT2D eigenvalue weighted by molar-refractivity contribution is -0.142. The van der Waals surface area contributed by atoms with E-state index in [1.165, 1.54) is 6.92 Å². The second-order valence-corrected chi connectivity index (χ2v) is 4.38. The normalized spacial score (nSPS) is 16.3. The Labute approximate surface area is 80.6 Å². The van der Waals surface area contributed by atoms with Gasteiger partial charge in [0.2, 0.25) is 0 Å². The van der Waals surface area contributed by atoms with Crippen molar-refractivity contribution in [2.24, 2.45) is 0 Å². The average Bonchev–Trinajstić information content (AvgIpc) is 1.78.